The SMILES string of the molecule is C=CC(=O)N1CC(NC(=O)c2c(C(F)F)nc(CNC(=N)c3cc(C(C)(C)C)c(Cl)cc3N)n2C2CCN(C(C)=O)C2)C1. The van der Waals surface area contributed by atoms with Gasteiger partial charge in [-0.1, -0.05) is 39.0 Å². The number of alkyl halides is 2. The van der Waals surface area contributed by atoms with Crippen molar-refractivity contribution in [1.82, 2.24) is 30.0 Å². The quantitative estimate of drug-likeness (QED) is 0.154. The maximum atomic E-state index is 14.4. The lowest BCUT2D eigenvalue weighted by Crippen LogP contribution is -2.60. The van der Waals surface area contributed by atoms with Gasteiger partial charge in [0.1, 0.15) is 23.0 Å². The number of amidine groups is 1. The Kier molecular flexibility index (Phi) is 9.14. The largest absolute Gasteiger partial charge is 0.398 e. The van der Waals surface area contributed by atoms with E-state index in [1.165, 1.54) is 22.5 Å². The second-order valence-corrected chi connectivity index (χ2v) is 12.3. The number of nitrogen functional groups attached to an aromatic ring is 1. The van der Waals surface area contributed by atoms with Crippen LogP contribution in [-0.2, 0) is 21.5 Å². The van der Waals surface area contributed by atoms with Crippen molar-refractivity contribution in [3.8, 4) is 0 Å². The van der Waals surface area contributed by atoms with Crippen LogP contribution in [0.4, 0.5) is 14.5 Å². The molecule has 1 aromatic carbocycles. The number of likely N-dealkylation sites (tertiary alicyclic amines) is 2. The predicted molar refractivity (Wildman–Crippen MR) is 159 cm³/mol. The van der Waals surface area contributed by atoms with Crippen molar-refractivity contribution in [3.63, 3.8) is 0 Å². The molecular formula is C29H37ClF2N8O3. The summed E-state index contributed by atoms with van der Waals surface area (Å²) in [5.74, 6) is -1.17. The van der Waals surface area contributed by atoms with Crippen molar-refractivity contribution in [2.75, 3.05) is 31.9 Å². The average Bonchev–Trinajstić information content (AvgIpc) is 3.53. The lowest BCUT2D eigenvalue weighted by Gasteiger charge is -2.39. The summed E-state index contributed by atoms with van der Waals surface area (Å²) in [6, 6.07) is 2.38. The number of amides is 3. The fraction of sp³-hybridized carbons (Fsp3) is 0.483. The van der Waals surface area contributed by atoms with E-state index < -0.39 is 30.1 Å². The Morgan fingerprint density at radius 3 is 2.47 bits per heavy atom. The zero-order chi connectivity index (χ0) is 31.8. The normalized spacial score (nSPS) is 17.2. The number of nitrogens with zero attached hydrogens (tertiary/aromatic N) is 4. The number of hydrogen-bond acceptors (Lipinski definition) is 6. The van der Waals surface area contributed by atoms with E-state index in [0.717, 1.165) is 5.56 Å². The van der Waals surface area contributed by atoms with Gasteiger partial charge in [-0.2, -0.15) is 0 Å². The molecule has 2 aromatic rings. The first-order chi connectivity index (χ1) is 20.1. The van der Waals surface area contributed by atoms with Gasteiger partial charge in [0.05, 0.1) is 18.6 Å². The Bertz CT molecular complexity index is 1460. The molecule has 3 amide bonds. The number of anilines is 1. The Balaban J connectivity index is 1.66. The van der Waals surface area contributed by atoms with Crippen LogP contribution >= 0.6 is 11.6 Å². The minimum atomic E-state index is -3.06. The van der Waals surface area contributed by atoms with Crippen molar-refractivity contribution in [1.29, 1.82) is 5.41 Å². The molecule has 0 aliphatic carbocycles. The Morgan fingerprint density at radius 1 is 1.23 bits per heavy atom. The van der Waals surface area contributed by atoms with Crippen LogP contribution in [0.5, 0.6) is 0 Å². The number of nitrogens with two attached hydrogens (primary N) is 1. The molecule has 3 heterocycles. The van der Waals surface area contributed by atoms with Crippen molar-refractivity contribution in [2.24, 2.45) is 0 Å². The monoisotopic (exact) mass is 618 g/mol. The smallest absolute Gasteiger partial charge is 0.282 e. The molecule has 0 spiro atoms. The number of imidazole rings is 1. The van der Waals surface area contributed by atoms with E-state index in [2.05, 4.69) is 22.2 Å². The van der Waals surface area contributed by atoms with Crippen LogP contribution in [0.3, 0.4) is 0 Å². The van der Waals surface area contributed by atoms with Crippen molar-refractivity contribution in [2.45, 2.75) is 64.6 Å². The van der Waals surface area contributed by atoms with E-state index in [1.807, 2.05) is 20.8 Å². The molecule has 11 nitrogen and oxygen atoms in total. The van der Waals surface area contributed by atoms with Crippen LogP contribution in [0.1, 0.15) is 79.7 Å². The Hall–Kier alpha value is -4.00. The molecule has 1 aromatic heterocycles. The minimum absolute atomic E-state index is 0.0722. The molecule has 2 aliphatic rings. The molecular weight excluding hydrogens is 582 g/mol. The number of nitrogens with one attached hydrogen (secondary N) is 3. The van der Waals surface area contributed by atoms with Crippen LogP contribution < -0.4 is 16.4 Å². The van der Waals surface area contributed by atoms with Gasteiger partial charge in [-0.15, -0.1) is 0 Å². The second kappa shape index (κ2) is 12.3. The molecule has 0 saturated carbocycles. The van der Waals surface area contributed by atoms with Crippen molar-refractivity contribution < 1.29 is 23.2 Å². The van der Waals surface area contributed by atoms with Crippen LogP contribution in [0.2, 0.25) is 5.02 Å². The summed E-state index contributed by atoms with van der Waals surface area (Å²) in [7, 11) is 0. The lowest BCUT2D eigenvalue weighted by atomic mass is 9.85. The summed E-state index contributed by atoms with van der Waals surface area (Å²) in [5, 5.41) is 14.8. The van der Waals surface area contributed by atoms with E-state index in [1.54, 1.807) is 17.0 Å². The molecule has 0 bridgehead atoms. The third-order valence-corrected chi connectivity index (χ3v) is 8.06. The van der Waals surface area contributed by atoms with Gasteiger partial charge in [0.25, 0.3) is 12.3 Å². The molecule has 2 aliphatic heterocycles. The van der Waals surface area contributed by atoms with Crippen molar-refractivity contribution >= 4 is 40.8 Å². The van der Waals surface area contributed by atoms with E-state index in [0.29, 0.717) is 23.6 Å². The average molecular weight is 619 g/mol. The summed E-state index contributed by atoms with van der Waals surface area (Å²) in [4.78, 5) is 44.6. The molecule has 232 valence electrons. The van der Waals surface area contributed by atoms with Crippen LogP contribution in [0, 0.1) is 5.41 Å². The Labute approximate surface area is 253 Å². The lowest BCUT2D eigenvalue weighted by molar-refractivity contribution is -0.130. The topological polar surface area (TPSA) is 149 Å². The van der Waals surface area contributed by atoms with Gasteiger partial charge in [0.15, 0.2) is 0 Å². The number of carbonyl (C=O) groups excluding carboxylic acids is 3. The highest BCUT2D eigenvalue weighted by Crippen LogP contribution is 2.34. The Morgan fingerprint density at radius 2 is 1.91 bits per heavy atom. The van der Waals surface area contributed by atoms with Gasteiger partial charge in [-0.3, -0.25) is 19.8 Å². The van der Waals surface area contributed by atoms with E-state index in [-0.39, 0.29) is 66.4 Å². The highest BCUT2D eigenvalue weighted by atomic mass is 35.5. The molecule has 43 heavy (non-hydrogen) atoms. The number of hydrogen-bond donors (Lipinski definition) is 4. The standard InChI is InChI=1S/C29H37ClF2N8O3/c1-6-23(42)39-12-16(13-39)36-28(43)25-24(26(31)32)37-22(40(25)17-7-8-38(14-17)15(2)41)11-35-27(34)18-9-19(29(3,4)5)20(30)10-21(18)33/h6,9-10,16-17,26H,1,7-8,11-14,33H2,2-5H3,(H2,34,35)(H,36,43). The van der Waals surface area contributed by atoms with E-state index in [4.69, 9.17) is 22.7 Å². The first kappa shape index (κ1) is 31.9. The molecule has 1 unspecified atom stereocenters. The van der Waals surface area contributed by atoms with Gasteiger partial charge >= 0.3 is 0 Å². The van der Waals surface area contributed by atoms with Gasteiger partial charge in [-0.05, 0) is 35.6 Å². The summed E-state index contributed by atoms with van der Waals surface area (Å²) in [5.41, 5.74) is 6.29. The fourth-order valence-corrected chi connectivity index (χ4v) is 5.86. The predicted octanol–water partition coefficient (Wildman–Crippen LogP) is 3.39. The van der Waals surface area contributed by atoms with Gasteiger partial charge in [0, 0.05) is 49.4 Å². The summed E-state index contributed by atoms with van der Waals surface area (Å²) < 4.78 is 30.2. The number of carbonyl (C=O) groups is 3. The van der Waals surface area contributed by atoms with Crippen LogP contribution in [0.15, 0.2) is 24.8 Å². The number of rotatable bonds is 8. The first-order valence-corrected chi connectivity index (χ1v) is 14.3. The molecule has 2 saturated heterocycles. The van der Waals surface area contributed by atoms with Crippen molar-refractivity contribution in [3.05, 3.63) is 58.1 Å². The van der Waals surface area contributed by atoms with Gasteiger partial charge in [-0.25, -0.2) is 13.8 Å². The first-order valence-electron chi connectivity index (χ1n) is 13.9. The number of benzene rings is 1. The summed E-state index contributed by atoms with van der Waals surface area (Å²) >= 11 is 6.41. The summed E-state index contributed by atoms with van der Waals surface area (Å²) in [6.07, 6.45) is -1.47. The molecule has 1 atom stereocenters. The fourth-order valence-electron chi connectivity index (χ4n) is 5.41. The molecule has 4 rings (SSSR count). The number of halogens is 3. The minimum Gasteiger partial charge on any atom is -0.398 e. The van der Waals surface area contributed by atoms with Gasteiger partial charge < -0.3 is 30.7 Å². The highest BCUT2D eigenvalue weighted by Gasteiger charge is 2.37. The summed E-state index contributed by atoms with van der Waals surface area (Å²) in [6.45, 7) is 11.7. The van der Waals surface area contributed by atoms with E-state index in [9.17, 15) is 23.2 Å². The third-order valence-electron chi connectivity index (χ3n) is 7.75. The van der Waals surface area contributed by atoms with E-state index >= 15 is 0 Å². The highest BCUT2D eigenvalue weighted by molar-refractivity contribution is 6.32. The molecule has 5 N–H and O–H groups in total. The zero-order valence-corrected chi connectivity index (χ0v) is 25.4. The van der Waals surface area contributed by atoms with Gasteiger partial charge in [0.2, 0.25) is 11.8 Å². The molecule has 2 fully saturated rings. The molecule has 14 heteroatoms. The number of aromatic nitrogens is 2. The van der Waals surface area contributed by atoms with Crippen LogP contribution in [-0.4, -0.2) is 75.1 Å². The second-order valence-electron chi connectivity index (χ2n) is 11.9. The zero-order valence-electron chi connectivity index (χ0n) is 24.6. The third kappa shape index (κ3) is 6.66. The molecule has 0 radical (unpaired) electrons. The maximum Gasteiger partial charge on any atom is 0.282 e. The van der Waals surface area contributed by atoms with Crippen LogP contribution in [0.25, 0.3) is 0 Å². The maximum absolute atomic E-state index is 14.4.